The summed E-state index contributed by atoms with van der Waals surface area (Å²) in [4.78, 5) is 27.8. The number of anilines is 2. The molecule has 0 radical (unpaired) electrons. The fourth-order valence-electron chi connectivity index (χ4n) is 2.87. The minimum atomic E-state index is -0.292. The van der Waals surface area contributed by atoms with Crippen molar-refractivity contribution in [3.8, 4) is 0 Å². The third-order valence-corrected chi connectivity index (χ3v) is 4.06. The van der Waals surface area contributed by atoms with Gasteiger partial charge in [0.2, 0.25) is 0 Å². The number of carbonyl (C=O) groups excluding carboxylic acids is 1. The minimum absolute atomic E-state index is 0.287. The van der Waals surface area contributed by atoms with Crippen molar-refractivity contribution < 1.29 is 4.79 Å². The van der Waals surface area contributed by atoms with Crippen molar-refractivity contribution in [3.05, 3.63) is 54.6 Å². The SMILES string of the molecule is CCCN(CCC)c1cnc(C(=O)Nc2cccc3cccnc23)cn1. The minimum Gasteiger partial charge on any atom is -0.355 e. The van der Waals surface area contributed by atoms with Gasteiger partial charge in [-0.1, -0.05) is 32.0 Å². The molecule has 1 aromatic carbocycles. The van der Waals surface area contributed by atoms with Gasteiger partial charge in [-0.05, 0) is 25.0 Å². The summed E-state index contributed by atoms with van der Waals surface area (Å²) in [7, 11) is 0. The topological polar surface area (TPSA) is 71.0 Å². The van der Waals surface area contributed by atoms with Gasteiger partial charge in [0.1, 0.15) is 11.5 Å². The maximum atomic E-state index is 12.5. The molecule has 6 heteroatoms. The van der Waals surface area contributed by atoms with Crippen molar-refractivity contribution in [2.45, 2.75) is 26.7 Å². The molecule has 6 nitrogen and oxygen atoms in total. The number of nitrogens with zero attached hydrogens (tertiary/aromatic N) is 4. The largest absolute Gasteiger partial charge is 0.355 e. The second-order valence-corrected chi connectivity index (χ2v) is 6.08. The van der Waals surface area contributed by atoms with Crippen LogP contribution in [0.1, 0.15) is 37.2 Å². The van der Waals surface area contributed by atoms with Gasteiger partial charge in [-0.2, -0.15) is 0 Å². The molecule has 0 aliphatic carbocycles. The van der Waals surface area contributed by atoms with Gasteiger partial charge < -0.3 is 10.2 Å². The Labute approximate surface area is 153 Å². The van der Waals surface area contributed by atoms with Crippen LogP contribution in [-0.4, -0.2) is 33.9 Å². The van der Waals surface area contributed by atoms with Crippen LogP contribution in [0.3, 0.4) is 0 Å². The molecule has 26 heavy (non-hydrogen) atoms. The number of pyridine rings is 1. The van der Waals surface area contributed by atoms with E-state index >= 15 is 0 Å². The highest BCUT2D eigenvalue weighted by Crippen LogP contribution is 2.21. The molecule has 1 N–H and O–H groups in total. The highest BCUT2D eigenvalue weighted by Gasteiger charge is 2.12. The predicted molar refractivity (Wildman–Crippen MR) is 105 cm³/mol. The van der Waals surface area contributed by atoms with E-state index in [1.54, 1.807) is 12.4 Å². The number of para-hydroxylation sites is 1. The molecule has 0 saturated heterocycles. The first kappa shape index (κ1) is 17.8. The Bertz CT molecular complexity index is 868. The summed E-state index contributed by atoms with van der Waals surface area (Å²) in [6.07, 6.45) is 6.99. The van der Waals surface area contributed by atoms with E-state index in [4.69, 9.17) is 0 Å². The van der Waals surface area contributed by atoms with Gasteiger partial charge in [0.15, 0.2) is 0 Å². The molecule has 134 valence electrons. The average Bonchev–Trinajstić information content (AvgIpc) is 2.68. The molecule has 0 saturated carbocycles. The first-order chi connectivity index (χ1) is 12.7. The van der Waals surface area contributed by atoms with E-state index in [1.165, 1.54) is 6.20 Å². The van der Waals surface area contributed by atoms with Gasteiger partial charge in [0.05, 0.1) is 23.6 Å². The first-order valence-corrected chi connectivity index (χ1v) is 8.95. The molecule has 0 aliphatic heterocycles. The second-order valence-electron chi connectivity index (χ2n) is 6.08. The number of rotatable bonds is 7. The Morgan fingerprint density at radius 1 is 1.00 bits per heavy atom. The van der Waals surface area contributed by atoms with Gasteiger partial charge >= 0.3 is 0 Å². The van der Waals surface area contributed by atoms with Crippen LogP contribution in [0.4, 0.5) is 11.5 Å². The molecule has 0 atom stereocenters. The number of aromatic nitrogens is 3. The Kier molecular flexibility index (Phi) is 5.73. The van der Waals surface area contributed by atoms with E-state index in [0.717, 1.165) is 42.7 Å². The molecule has 2 aromatic heterocycles. The van der Waals surface area contributed by atoms with Crippen molar-refractivity contribution in [2.75, 3.05) is 23.3 Å². The lowest BCUT2D eigenvalue weighted by atomic mass is 10.2. The van der Waals surface area contributed by atoms with Crippen molar-refractivity contribution in [2.24, 2.45) is 0 Å². The van der Waals surface area contributed by atoms with Crippen LogP contribution in [0.15, 0.2) is 48.9 Å². The van der Waals surface area contributed by atoms with E-state index in [1.807, 2.05) is 30.3 Å². The lowest BCUT2D eigenvalue weighted by Gasteiger charge is -2.22. The molecule has 3 rings (SSSR count). The third-order valence-electron chi connectivity index (χ3n) is 4.06. The highest BCUT2D eigenvalue weighted by molar-refractivity contribution is 6.07. The summed E-state index contributed by atoms with van der Waals surface area (Å²) < 4.78 is 0. The lowest BCUT2D eigenvalue weighted by Crippen LogP contribution is -2.26. The van der Waals surface area contributed by atoms with Gasteiger partial charge in [0.25, 0.3) is 5.91 Å². The summed E-state index contributed by atoms with van der Waals surface area (Å²) >= 11 is 0. The van der Waals surface area contributed by atoms with Gasteiger partial charge in [0, 0.05) is 24.7 Å². The summed E-state index contributed by atoms with van der Waals surface area (Å²) in [6.45, 7) is 6.12. The number of fused-ring (bicyclic) bond motifs is 1. The van der Waals surface area contributed by atoms with Crippen molar-refractivity contribution in [1.82, 2.24) is 15.0 Å². The van der Waals surface area contributed by atoms with Gasteiger partial charge in [-0.25, -0.2) is 9.97 Å². The predicted octanol–water partition coefficient (Wildman–Crippen LogP) is 3.90. The number of nitrogens with one attached hydrogen (secondary N) is 1. The second kappa shape index (κ2) is 8.38. The fraction of sp³-hybridized carbons (Fsp3) is 0.300. The summed E-state index contributed by atoms with van der Waals surface area (Å²) in [6, 6.07) is 9.52. The Hall–Kier alpha value is -3.02. The first-order valence-electron chi connectivity index (χ1n) is 8.95. The summed E-state index contributed by atoms with van der Waals surface area (Å²) in [5.74, 6) is 0.511. The number of hydrogen-bond acceptors (Lipinski definition) is 5. The summed E-state index contributed by atoms with van der Waals surface area (Å²) in [5, 5.41) is 3.86. The zero-order valence-electron chi connectivity index (χ0n) is 15.1. The lowest BCUT2D eigenvalue weighted by molar-refractivity contribution is 0.102. The number of benzene rings is 1. The van der Waals surface area contributed by atoms with Crippen LogP contribution in [0.25, 0.3) is 10.9 Å². The van der Waals surface area contributed by atoms with Crippen LogP contribution < -0.4 is 10.2 Å². The number of carbonyl (C=O) groups is 1. The molecule has 0 aliphatic rings. The molecule has 2 heterocycles. The van der Waals surface area contributed by atoms with Crippen LogP contribution in [-0.2, 0) is 0 Å². The smallest absolute Gasteiger partial charge is 0.275 e. The normalized spacial score (nSPS) is 10.7. The van der Waals surface area contributed by atoms with E-state index in [-0.39, 0.29) is 11.6 Å². The molecule has 0 fully saturated rings. The molecule has 3 aromatic rings. The number of amides is 1. The molecular weight excluding hydrogens is 326 g/mol. The van der Waals surface area contributed by atoms with Crippen LogP contribution >= 0.6 is 0 Å². The molecule has 0 spiro atoms. The maximum Gasteiger partial charge on any atom is 0.275 e. The third kappa shape index (κ3) is 3.96. The zero-order chi connectivity index (χ0) is 18.4. The molecular formula is C20H23N5O. The zero-order valence-corrected chi connectivity index (χ0v) is 15.1. The number of hydrogen-bond donors (Lipinski definition) is 1. The monoisotopic (exact) mass is 349 g/mol. The van der Waals surface area contributed by atoms with Gasteiger partial charge in [-0.15, -0.1) is 0 Å². The Balaban J connectivity index is 1.77. The van der Waals surface area contributed by atoms with Crippen LogP contribution in [0, 0.1) is 0 Å². The van der Waals surface area contributed by atoms with Crippen LogP contribution in [0.5, 0.6) is 0 Å². The van der Waals surface area contributed by atoms with Crippen molar-refractivity contribution in [3.63, 3.8) is 0 Å². The van der Waals surface area contributed by atoms with E-state index < -0.39 is 0 Å². The molecule has 0 unspecified atom stereocenters. The van der Waals surface area contributed by atoms with Gasteiger partial charge in [-0.3, -0.25) is 9.78 Å². The Morgan fingerprint density at radius 2 is 1.77 bits per heavy atom. The average molecular weight is 349 g/mol. The van der Waals surface area contributed by atoms with E-state index in [2.05, 4.69) is 39.0 Å². The van der Waals surface area contributed by atoms with E-state index in [0.29, 0.717) is 5.69 Å². The quantitative estimate of drug-likeness (QED) is 0.700. The fourth-order valence-corrected chi connectivity index (χ4v) is 2.87. The van der Waals surface area contributed by atoms with Crippen molar-refractivity contribution >= 4 is 28.3 Å². The standard InChI is InChI=1S/C20H23N5O/c1-3-11-25(12-4-2)18-14-22-17(13-23-18)20(26)24-16-9-5-7-15-8-6-10-21-19(15)16/h5-10,13-14H,3-4,11-12H2,1-2H3,(H,24,26). The highest BCUT2D eigenvalue weighted by atomic mass is 16.1. The molecule has 1 amide bonds. The van der Waals surface area contributed by atoms with Crippen molar-refractivity contribution in [1.29, 1.82) is 0 Å². The van der Waals surface area contributed by atoms with E-state index in [9.17, 15) is 4.79 Å². The molecule has 0 bridgehead atoms. The van der Waals surface area contributed by atoms with Crippen LogP contribution in [0.2, 0.25) is 0 Å². The Morgan fingerprint density at radius 3 is 2.46 bits per heavy atom. The maximum absolute atomic E-state index is 12.5. The summed E-state index contributed by atoms with van der Waals surface area (Å²) in [5.41, 5.74) is 1.71.